The first kappa shape index (κ1) is 13.1. The lowest BCUT2D eigenvalue weighted by molar-refractivity contribution is -0.142. The molecule has 1 N–H and O–H groups in total. The molecule has 0 radical (unpaired) electrons. The van der Waals surface area contributed by atoms with Crippen LogP contribution in [0.1, 0.15) is 16.2 Å². The van der Waals surface area contributed by atoms with Crippen molar-refractivity contribution in [1.29, 1.82) is 0 Å². The summed E-state index contributed by atoms with van der Waals surface area (Å²) in [5.41, 5.74) is -0.210. The zero-order valence-corrected chi connectivity index (χ0v) is 9.73. The molecule has 0 aliphatic rings. The first-order valence-electron chi connectivity index (χ1n) is 5.18. The quantitative estimate of drug-likeness (QED) is 0.929. The van der Waals surface area contributed by atoms with Gasteiger partial charge in [0.25, 0.3) is 5.91 Å². The van der Waals surface area contributed by atoms with E-state index in [-0.39, 0.29) is 11.5 Å². The van der Waals surface area contributed by atoms with Crippen LogP contribution >= 0.6 is 0 Å². The number of hydrogen-bond donors (Lipinski definition) is 1. The number of carbonyl (C=O) groups excluding carboxylic acids is 1. The van der Waals surface area contributed by atoms with E-state index in [4.69, 9.17) is 4.52 Å². The fourth-order valence-corrected chi connectivity index (χ4v) is 1.43. The third-order valence-corrected chi connectivity index (χ3v) is 2.15. The highest BCUT2D eigenvalue weighted by atomic mass is 19.4. The van der Waals surface area contributed by atoms with Crippen LogP contribution in [-0.4, -0.2) is 27.0 Å². The van der Waals surface area contributed by atoms with E-state index in [1.54, 1.807) is 6.92 Å². The molecule has 2 aromatic heterocycles. The maximum atomic E-state index is 12.3. The SMILES string of the molecule is Cc1cc(NC(=O)c2ccnn2CC(F)(F)F)no1. The Bertz CT molecular complexity index is 588. The summed E-state index contributed by atoms with van der Waals surface area (Å²) >= 11 is 0. The fourth-order valence-electron chi connectivity index (χ4n) is 1.43. The molecule has 0 aromatic carbocycles. The van der Waals surface area contributed by atoms with Crippen LogP contribution in [0.25, 0.3) is 0 Å². The Balaban J connectivity index is 2.13. The highest BCUT2D eigenvalue weighted by Gasteiger charge is 2.30. The lowest BCUT2D eigenvalue weighted by Gasteiger charge is -2.09. The first-order valence-corrected chi connectivity index (χ1v) is 5.18. The second-order valence-electron chi connectivity index (χ2n) is 3.77. The Morgan fingerprint density at radius 2 is 2.26 bits per heavy atom. The number of rotatable bonds is 3. The van der Waals surface area contributed by atoms with Gasteiger partial charge in [-0.3, -0.25) is 9.48 Å². The molecule has 0 aliphatic carbocycles. The molecular weight excluding hydrogens is 265 g/mol. The van der Waals surface area contributed by atoms with Gasteiger partial charge in [0, 0.05) is 12.3 Å². The van der Waals surface area contributed by atoms with E-state index in [0.29, 0.717) is 10.4 Å². The second-order valence-corrected chi connectivity index (χ2v) is 3.77. The van der Waals surface area contributed by atoms with Crippen molar-refractivity contribution in [2.75, 3.05) is 5.32 Å². The van der Waals surface area contributed by atoms with Gasteiger partial charge in [0.2, 0.25) is 0 Å². The summed E-state index contributed by atoms with van der Waals surface area (Å²) in [4.78, 5) is 11.8. The van der Waals surface area contributed by atoms with Crippen LogP contribution in [0, 0.1) is 6.92 Å². The molecule has 2 heterocycles. The van der Waals surface area contributed by atoms with Gasteiger partial charge < -0.3 is 9.84 Å². The van der Waals surface area contributed by atoms with Gasteiger partial charge in [-0.1, -0.05) is 5.16 Å². The van der Waals surface area contributed by atoms with Crippen molar-refractivity contribution in [3.8, 4) is 0 Å². The third-order valence-electron chi connectivity index (χ3n) is 2.15. The topological polar surface area (TPSA) is 73.0 Å². The Morgan fingerprint density at radius 1 is 1.53 bits per heavy atom. The molecule has 0 atom stereocenters. The van der Waals surface area contributed by atoms with Gasteiger partial charge in [-0.05, 0) is 13.0 Å². The molecule has 0 saturated carbocycles. The minimum absolute atomic E-state index is 0.127. The largest absolute Gasteiger partial charge is 0.408 e. The van der Waals surface area contributed by atoms with Crippen LogP contribution in [0.2, 0.25) is 0 Å². The fraction of sp³-hybridized carbons (Fsp3) is 0.300. The average Bonchev–Trinajstić information content (AvgIpc) is 2.85. The van der Waals surface area contributed by atoms with E-state index in [9.17, 15) is 18.0 Å². The van der Waals surface area contributed by atoms with E-state index < -0.39 is 18.6 Å². The van der Waals surface area contributed by atoms with Gasteiger partial charge in [-0.15, -0.1) is 0 Å². The molecule has 0 spiro atoms. The van der Waals surface area contributed by atoms with E-state index >= 15 is 0 Å². The third kappa shape index (κ3) is 3.33. The van der Waals surface area contributed by atoms with E-state index in [1.807, 2.05) is 0 Å². The maximum absolute atomic E-state index is 12.3. The minimum atomic E-state index is -4.45. The lowest BCUT2D eigenvalue weighted by atomic mass is 10.4. The summed E-state index contributed by atoms with van der Waals surface area (Å²) in [6.45, 7) is 0.289. The number of nitrogens with zero attached hydrogens (tertiary/aromatic N) is 3. The Labute approximate surface area is 105 Å². The van der Waals surface area contributed by atoms with Crippen LogP contribution in [0.3, 0.4) is 0 Å². The zero-order valence-electron chi connectivity index (χ0n) is 9.73. The van der Waals surface area contributed by atoms with Gasteiger partial charge in [-0.2, -0.15) is 18.3 Å². The standard InChI is InChI=1S/C10H9F3N4O2/c1-6-4-8(16-19-6)15-9(18)7-2-3-14-17(7)5-10(11,12)13/h2-4H,5H2,1H3,(H,15,16,18). The summed E-state index contributed by atoms with van der Waals surface area (Å²) < 4.78 is 42.1. The first-order chi connectivity index (χ1) is 8.85. The number of aryl methyl sites for hydroxylation is 1. The highest BCUT2D eigenvalue weighted by molar-refractivity contribution is 6.02. The van der Waals surface area contributed by atoms with Gasteiger partial charge in [0.15, 0.2) is 5.82 Å². The number of aromatic nitrogens is 3. The summed E-state index contributed by atoms with van der Waals surface area (Å²) in [5.74, 6) is -0.142. The van der Waals surface area contributed by atoms with Crippen molar-refractivity contribution >= 4 is 11.7 Å². The molecule has 0 unspecified atom stereocenters. The van der Waals surface area contributed by atoms with Crippen LogP contribution in [0.15, 0.2) is 22.9 Å². The molecule has 9 heteroatoms. The van der Waals surface area contributed by atoms with Gasteiger partial charge in [-0.25, -0.2) is 0 Å². The number of halogens is 3. The Hall–Kier alpha value is -2.32. The molecule has 2 aromatic rings. The van der Waals surface area contributed by atoms with Crippen LogP contribution in [0.5, 0.6) is 0 Å². The monoisotopic (exact) mass is 274 g/mol. The second kappa shape index (κ2) is 4.75. The Kier molecular flexibility index (Phi) is 3.28. The molecule has 2 rings (SSSR count). The number of alkyl halides is 3. The average molecular weight is 274 g/mol. The number of hydrogen-bond acceptors (Lipinski definition) is 4. The predicted octanol–water partition coefficient (Wildman–Crippen LogP) is 1.99. The van der Waals surface area contributed by atoms with E-state index in [1.165, 1.54) is 12.1 Å². The summed E-state index contributed by atoms with van der Waals surface area (Å²) in [5, 5.41) is 9.29. The van der Waals surface area contributed by atoms with Crippen molar-refractivity contribution in [2.45, 2.75) is 19.6 Å². The van der Waals surface area contributed by atoms with Gasteiger partial charge >= 0.3 is 6.18 Å². The van der Waals surface area contributed by atoms with Crippen LogP contribution in [-0.2, 0) is 6.54 Å². The number of amides is 1. The minimum Gasteiger partial charge on any atom is -0.360 e. The normalized spacial score (nSPS) is 11.6. The zero-order chi connectivity index (χ0) is 14.0. The molecule has 0 saturated heterocycles. The number of carbonyl (C=O) groups is 1. The van der Waals surface area contributed by atoms with Crippen molar-refractivity contribution in [1.82, 2.24) is 14.9 Å². The number of nitrogens with one attached hydrogen (secondary N) is 1. The summed E-state index contributed by atoms with van der Waals surface area (Å²) in [7, 11) is 0. The molecule has 0 bridgehead atoms. The van der Waals surface area contributed by atoms with Crippen LogP contribution < -0.4 is 5.32 Å². The van der Waals surface area contributed by atoms with Gasteiger partial charge in [0.05, 0.1) is 0 Å². The molecule has 1 amide bonds. The molecule has 6 nitrogen and oxygen atoms in total. The summed E-state index contributed by atoms with van der Waals surface area (Å²) in [6.07, 6.45) is -3.33. The van der Waals surface area contributed by atoms with Crippen molar-refractivity contribution in [3.05, 3.63) is 29.8 Å². The predicted molar refractivity (Wildman–Crippen MR) is 57.5 cm³/mol. The molecule has 102 valence electrons. The smallest absolute Gasteiger partial charge is 0.360 e. The van der Waals surface area contributed by atoms with E-state index in [2.05, 4.69) is 15.6 Å². The number of anilines is 1. The Morgan fingerprint density at radius 3 is 2.84 bits per heavy atom. The van der Waals surface area contributed by atoms with Crippen molar-refractivity contribution in [3.63, 3.8) is 0 Å². The molecule has 0 aliphatic heterocycles. The maximum Gasteiger partial charge on any atom is 0.408 e. The molecule has 19 heavy (non-hydrogen) atoms. The van der Waals surface area contributed by atoms with E-state index in [0.717, 1.165) is 6.20 Å². The van der Waals surface area contributed by atoms with Crippen LogP contribution in [0.4, 0.5) is 19.0 Å². The molecule has 0 fully saturated rings. The summed E-state index contributed by atoms with van der Waals surface area (Å²) in [6, 6.07) is 2.64. The lowest BCUT2D eigenvalue weighted by Crippen LogP contribution is -2.24. The van der Waals surface area contributed by atoms with Crippen molar-refractivity contribution in [2.24, 2.45) is 0 Å². The van der Waals surface area contributed by atoms with Gasteiger partial charge in [0.1, 0.15) is 18.0 Å². The van der Waals surface area contributed by atoms with Crippen molar-refractivity contribution < 1.29 is 22.5 Å². The molecular formula is C10H9F3N4O2. The highest BCUT2D eigenvalue weighted by Crippen LogP contribution is 2.18.